The largest absolute Gasteiger partial charge is 0.456 e. The molecule has 16 nitrogen and oxygen atoms in total. The number of pyridine rings is 2. The summed E-state index contributed by atoms with van der Waals surface area (Å²) in [6.45, 7) is 11.6. The Morgan fingerprint density at radius 1 is 0.340 bits per heavy atom. The van der Waals surface area contributed by atoms with Gasteiger partial charge in [0.05, 0.1) is 22.3 Å². The fourth-order valence-corrected chi connectivity index (χ4v) is 14.2. The Labute approximate surface area is 576 Å². The lowest BCUT2D eigenvalue weighted by Crippen LogP contribution is -2.55. The summed E-state index contributed by atoms with van der Waals surface area (Å²) < 4.78 is 29.4. The Bertz CT molecular complexity index is 4900. The van der Waals surface area contributed by atoms with Crippen LogP contribution in [0.4, 0.5) is 11.4 Å². The monoisotopic (exact) mass is 1320 g/mol. The van der Waals surface area contributed by atoms with E-state index in [0.717, 1.165) is 32.1 Å². The van der Waals surface area contributed by atoms with E-state index in [9.17, 15) is 0 Å². The number of hydrogen-bond donors (Lipinski definition) is 0. The molecular weight excluding hydrogens is 1250 g/mol. The van der Waals surface area contributed by atoms with Gasteiger partial charge in [0, 0.05) is 105 Å². The number of nitrogens with zero attached hydrogens (tertiary/aromatic N) is 6. The highest BCUT2D eigenvalue weighted by Gasteiger charge is 2.48. The van der Waals surface area contributed by atoms with Crippen LogP contribution in [0.3, 0.4) is 0 Å². The van der Waals surface area contributed by atoms with Gasteiger partial charge in [0.2, 0.25) is 0 Å². The fraction of sp³-hybridized carbons (Fsp3) is 0.143. The smallest absolute Gasteiger partial charge is 0.262 e. The first-order chi connectivity index (χ1) is 48.7. The summed E-state index contributed by atoms with van der Waals surface area (Å²) in [6.07, 6.45) is 6.23. The number of amides is 6. The number of imide groups is 2. The summed E-state index contributed by atoms with van der Waals surface area (Å²) in [7, 11) is 0. The summed E-state index contributed by atoms with van der Waals surface area (Å²) in [5, 5.41) is 2.27. The standard InChI is InChI=1S/C84H66N6O10/c1-7-87(55-35-39-85-40-36-55)83(95)61(43-53-27-11-9-12-28-53)89-79(91)57-45-67(97-63-31-19-15-23-49(63)3)73-75-69(99-65-33-21-17-25-51(65)5)47-59-72-60(82(94)90(81(59)93)62(44-54-29-13-10-14-30-54)84(96)88(8-2)56-37-41-86-42-38-56)48-70(100-66-34-22-18-26-52(66)6)76(78(72)75)74-68(98-64-32-20-16-24-50(64)4)46-58(80(89)92)71(57)77(73)74/h9-42,45-48,61-62H,7-8,43-44H2,1-6H3. The third-order valence-electron chi connectivity index (χ3n) is 19.1. The van der Waals surface area contributed by atoms with Gasteiger partial charge in [-0.25, -0.2) is 0 Å². The molecule has 0 radical (unpaired) electrons. The number of likely N-dealkylation sites (N-methyl/N-ethyl adjacent to an activating group) is 2. The zero-order chi connectivity index (χ0) is 69.0. The average molecular weight is 1320 g/mol. The van der Waals surface area contributed by atoms with Crippen molar-refractivity contribution < 1.29 is 47.7 Å². The Balaban J connectivity index is 1.10. The Hall–Kier alpha value is -12.6. The van der Waals surface area contributed by atoms with Crippen LogP contribution >= 0.6 is 0 Å². The first-order valence-corrected chi connectivity index (χ1v) is 33.3. The van der Waals surface area contributed by atoms with Crippen molar-refractivity contribution in [2.24, 2.45) is 0 Å². The molecule has 0 spiro atoms. The maximum Gasteiger partial charge on any atom is 0.262 e. The van der Waals surface area contributed by atoms with Crippen LogP contribution in [0.1, 0.15) is 88.7 Å². The molecule has 0 aliphatic carbocycles. The maximum atomic E-state index is 16.6. The summed E-state index contributed by atoms with van der Waals surface area (Å²) in [6, 6.07) is 58.7. The van der Waals surface area contributed by atoms with Crippen molar-refractivity contribution in [3.8, 4) is 46.0 Å². The molecule has 2 unspecified atom stereocenters. The number of anilines is 2. The molecule has 0 bridgehead atoms. The van der Waals surface area contributed by atoms with Crippen molar-refractivity contribution in [3.05, 3.63) is 287 Å². The van der Waals surface area contributed by atoms with Crippen LogP contribution < -0.4 is 28.7 Å². The van der Waals surface area contributed by atoms with Crippen molar-refractivity contribution in [1.82, 2.24) is 19.8 Å². The molecule has 2 aliphatic rings. The minimum Gasteiger partial charge on any atom is -0.456 e. The molecule has 2 aromatic heterocycles. The normalized spacial score (nSPS) is 13.3. The minimum atomic E-state index is -1.41. The van der Waals surface area contributed by atoms with E-state index in [1.165, 1.54) is 0 Å². The minimum absolute atomic E-state index is 0.0262. The predicted molar refractivity (Wildman–Crippen MR) is 386 cm³/mol. The van der Waals surface area contributed by atoms with Crippen molar-refractivity contribution in [3.63, 3.8) is 0 Å². The lowest BCUT2D eigenvalue weighted by molar-refractivity contribution is -0.123. The molecule has 16 heteroatoms. The fourth-order valence-electron chi connectivity index (χ4n) is 14.2. The van der Waals surface area contributed by atoms with Crippen LogP contribution in [0.2, 0.25) is 0 Å². The second-order valence-electron chi connectivity index (χ2n) is 25.1. The number of hydrogen-bond acceptors (Lipinski definition) is 12. The number of carbonyl (C=O) groups excluding carboxylic acids is 6. The van der Waals surface area contributed by atoms with Crippen LogP contribution in [0.15, 0.2) is 231 Å². The molecule has 15 rings (SSSR count). The van der Waals surface area contributed by atoms with Gasteiger partial charge >= 0.3 is 0 Å². The van der Waals surface area contributed by atoms with Crippen LogP contribution in [-0.2, 0) is 22.4 Å². The van der Waals surface area contributed by atoms with Crippen LogP contribution in [-0.4, -0.2) is 80.4 Å². The molecule has 6 amide bonds. The second-order valence-corrected chi connectivity index (χ2v) is 25.1. The van der Waals surface area contributed by atoms with Gasteiger partial charge in [0.1, 0.15) is 58.1 Å². The summed E-state index contributed by atoms with van der Waals surface area (Å²) in [5.74, 6) is -2.06. The number of carbonyl (C=O) groups is 6. The highest BCUT2D eigenvalue weighted by atomic mass is 16.5. The van der Waals surface area contributed by atoms with Gasteiger partial charge in [-0.2, -0.15) is 0 Å². The topological polar surface area (TPSA) is 178 Å². The van der Waals surface area contributed by atoms with E-state index < -0.39 is 47.5 Å². The molecule has 0 saturated heterocycles. The number of aryl methyl sites for hydroxylation is 4. The zero-order valence-corrected chi connectivity index (χ0v) is 55.7. The predicted octanol–water partition coefficient (Wildman–Crippen LogP) is 17.5. The highest BCUT2D eigenvalue weighted by Crippen LogP contribution is 2.58. The van der Waals surface area contributed by atoms with Gasteiger partial charge in [0.25, 0.3) is 35.4 Å². The summed E-state index contributed by atoms with van der Waals surface area (Å²) >= 11 is 0. The molecule has 0 saturated carbocycles. The van der Waals surface area contributed by atoms with Crippen molar-refractivity contribution in [2.45, 2.75) is 66.5 Å². The van der Waals surface area contributed by atoms with E-state index in [1.807, 2.05) is 199 Å². The van der Waals surface area contributed by atoms with Gasteiger partial charge in [-0.1, -0.05) is 133 Å². The SMILES string of the molecule is CCN(C(=O)C(Cc1ccccc1)N1C(=O)c2cc(Oc3ccccc3C)c3c4c(Oc5ccccc5C)cc5c6c(cc(Oc7ccccc7C)c(c7c(Oc8ccccc8C)cc(c2c37)C1=O)c64)C(=O)N(C(Cc1ccccc1)C(=O)N(CC)c1ccncc1)C5=O)c1ccncc1. The van der Waals surface area contributed by atoms with Gasteiger partial charge in [0.15, 0.2) is 0 Å². The summed E-state index contributed by atoms with van der Waals surface area (Å²) in [5.41, 5.74) is 5.45. The third-order valence-corrected chi connectivity index (χ3v) is 19.1. The Kier molecular flexibility index (Phi) is 16.6. The zero-order valence-electron chi connectivity index (χ0n) is 55.7. The number of ether oxygens (including phenoxy) is 4. The summed E-state index contributed by atoms with van der Waals surface area (Å²) in [4.78, 5) is 112. The second kappa shape index (κ2) is 26.1. The van der Waals surface area contributed by atoms with E-state index in [1.54, 1.807) is 83.1 Å². The average Bonchev–Trinajstić information content (AvgIpc) is 0.671. The molecule has 0 fully saturated rings. The Morgan fingerprint density at radius 3 is 0.860 bits per heavy atom. The molecular formula is C84H66N6O10. The van der Waals surface area contributed by atoms with Crippen LogP contribution in [0.25, 0.3) is 43.1 Å². The lowest BCUT2D eigenvalue weighted by Gasteiger charge is -2.37. The molecule has 11 aromatic carbocycles. The quantitative estimate of drug-likeness (QED) is 0.0401. The molecule has 492 valence electrons. The molecule has 2 atom stereocenters. The van der Waals surface area contributed by atoms with Crippen LogP contribution in [0.5, 0.6) is 46.0 Å². The van der Waals surface area contributed by atoms with Crippen molar-refractivity contribution >= 4 is 89.9 Å². The third kappa shape index (κ3) is 11.0. The van der Waals surface area contributed by atoms with Gasteiger partial charge < -0.3 is 28.7 Å². The van der Waals surface area contributed by atoms with Gasteiger partial charge in [-0.15, -0.1) is 0 Å². The molecule has 0 N–H and O–H groups in total. The van der Waals surface area contributed by atoms with Crippen molar-refractivity contribution in [1.29, 1.82) is 0 Å². The number of benzene rings is 11. The van der Waals surface area contributed by atoms with Crippen LogP contribution in [0, 0.1) is 27.7 Å². The number of rotatable bonds is 20. The van der Waals surface area contributed by atoms with Crippen molar-refractivity contribution in [2.75, 3.05) is 22.9 Å². The van der Waals surface area contributed by atoms with Gasteiger partial charge in [-0.05, 0) is 148 Å². The number of aromatic nitrogens is 2. The lowest BCUT2D eigenvalue weighted by atomic mass is 9.80. The first kappa shape index (κ1) is 63.5. The molecule has 4 heterocycles. The van der Waals surface area contributed by atoms with Gasteiger partial charge in [-0.3, -0.25) is 48.5 Å². The van der Waals surface area contributed by atoms with E-state index in [-0.39, 0.29) is 82.0 Å². The van der Waals surface area contributed by atoms with E-state index in [2.05, 4.69) is 9.97 Å². The number of fused-ring (bicyclic) bond motifs is 2. The number of para-hydroxylation sites is 4. The molecule has 2 aliphatic heterocycles. The first-order valence-electron chi connectivity index (χ1n) is 33.3. The molecule has 100 heavy (non-hydrogen) atoms. The van der Waals surface area contributed by atoms with E-state index >= 15 is 28.8 Å². The molecule has 13 aromatic rings. The van der Waals surface area contributed by atoms with E-state index in [4.69, 9.17) is 18.9 Å². The highest BCUT2D eigenvalue weighted by molar-refractivity contribution is 6.45. The van der Waals surface area contributed by atoms with E-state index in [0.29, 0.717) is 77.8 Å². The Morgan fingerprint density at radius 2 is 0.600 bits per heavy atom. The maximum absolute atomic E-state index is 16.6.